The normalized spacial score (nSPS) is 9.52. The van der Waals surface area contributed by atoms with Gasteiger partial charge in [0, 0.05) is 18.8 Å². The van der Waals surface area contributed by atoms with Crippen molar-refractivity contribution in [2.75, 3.05) is 49.9 Å². The van der Waals surface area contributed by atoms with Crippen LogP contribution in [0.5, 0.6) is 11.6 Å². The number of nitrogens with two attached hydrogens (primary N) is 3. The Bertz CT molecular complexity index is 622. The van der Waals surface area contributed by atoms with Crippen LogP contribution in [-0.4, -0.2) is 37.5 Å². The Labute approximate surface area is 135 Å². The molecule has 1 heterocycles. The van der Waals surface area contributed by atoms with Gasteiger partial charge in [0.2, 0.25) is 5.88 Å². The van der Waals surface area contributed by atoms with E-state index in [0.717, 1.165) is 0 Å². The Balaban J connectivity index is 0.000000231. The highest BCUT2D eigenvalue weighted by molar-refractivity contribution is 5.61. The van der Waals surface area contributed by atoms with Crippen LogP contribution in [0.3, 0.4) is 0 Å². The average Bonchev–Trinajstić information content (AvgIpc) is 2.55. The van der Waals surface area contributed by atoms with Gasteiger partial charge in [-0.15, -0.1) is 0 Å². The van der Waals surface area contributed by atoms with E-state index in [0.29, 0.717) is 34.5 Å². The summed E-state index contributed by atoms with van der Waals surface area (Å²) >= 11 is 0. The van der Waals surface area contributed by atoms with Gasteiger partial charge in [0.25, 0.3) is 0 Å². The summed E-state index contributed by atoms with van der Waals surface area (Å²) < 4.78 is 10.0. The van der Waals surface area contributed by atoms with Crippen LogP contribution < -0.4 is 32.0 Å². The van der Waals surface area contributed by atoms with Crippen LogP contribution in [0.1, 0.15) is 0 Å². The topological polar surface area (TPSA) is 142 Å². The minimum Gasteiger partial charge on any atom is -0.489 e. The van der Waals surface area contributed by atoms with Gasteiger partial charge < -0.3 is 37.1 Å². The first-order chi connectivity index (χ1) is 11.0. The van der Waals surface area contributed by atoms with Gasteiger partial charge in [-0.05, 0) is 24.3 Å². The monoisotopic (exact) mass is 321 g/mol. The number of nitrogens with zero attached hydrogens (tertiary/aromatic N) is 1. The van der Waals surface area contributed by atoms with Crippen molar-refractivity contribution in [1.82, 2.24) is 4.98 Å². The van der Waals surface area contributed by atoms with Crippen LogP contribution in [0, 0.1) is 0 Å². The van der Waals surface area contributed by atoms with Gasteiger partial charge in [-0.25, -0.2) is 0 Å². The van der Waals surface area contributed by atoms with Crippen LogP contribution in [0.15, 0.2) is 30.3 Å². The van der Waals surface area contributed by atoms with Crippen LogP contribution >= 0.6 is 0 Å². The molecule has 0 saturated carbocycles. The molecule has 0 amide bonds. The lowest BCUT2D eigenvalue weighted by Crippen LogP contribution is -2.04. The third-order valence-corrected chi connectivity index (χ3v) is 2.73. The molecule has 126 valence electrons. The number of anilines is 4. The van der Waals surface area contributed by atoms with Crippen LogP contribution in [0.4, 0.5) is 22.9 Å². The molecule has 0 bridgehead atoms. The van der Waals surface area contributed by atoms with E-state index < -0.39 is 0 Å². The largest absolute Gasteiger partial charge is 0.489 e. The fraction of sp³-hybridized carbons (Fsp3) is 0.267. The highest BCUT2D eigenvalue weighted by atomic mass is 16.5. The van der Waals surface area contributed by atoms with E-state index >= 15 is 0 Å². The molecular weight excluding hydrogens is 298 g/mol. The highest BCUT2D eigenvalue weighted by Crippen LogP contribution is 2.23. The number of aliphatic hydroxyl groups excluding tert-OH is 1. The Morgan fingerprint density at radius 2 is 1.87 bits per heavy atom. The third kappa shape index (κ3) is 5.79. The molecule has 2 aromatic rings. The smallest absolute Gasteiger partial charge is 0.215 e. The molecule has 8 nitrogen and oxygen atoms in total. The van der Waals surface area contributed by atoms with Gasteiger partial charge >= 0.3 is 0 Å². The quantitative estimate of drug-likeness (QED) is 0.512. The number of nitrogen functional groups attached to an aromatic ring is 3. The summed E-state index contributed by atoms with van der Waals surface area (Å²) in [5, 5.41) is 11.3. The predicted molar refractivity (Wildman–Crippen MR) is 92.6 cm³/mol. The summed E-state index contributed by atoms with van der Waals surface area (Å²) in [6.45, 7) is 0.220. The molecule has 8 heteroatoms. The Hall–Kier alpha value is -2.87. The van der Waals surface area contributed by atoms with Gasteiger partial charge in [0.05, 0.1) is 25.1 Å². The molecule has 1 aromatic heterocycles. The van der Waals surface area contributed by atoms with Crippen molar-refractivity contribution in [2.24, 2.45) is 0 Å². The molecule has 1 aromatic carbocycles. The van der Waals surface area contributed by atoms with Crippen molar-refractivity contribution in [2.45, 2.75) is 0 Å². The second-order valence-electron chi connectivity index (χ2n) is 4.41. The molecule has 0 aliphatic carbocycles. The summed E-state index contributed by atoms with van der Waals surface area (Å²) in [6, 6.07) is 8.46. The number of methoxy groups -OCH3 is 1. The summed E-state index contributed by atoms with van der Waals surface area (Å²) in [4.78, 5) is 4.05. The van der Waals surface area contributed by atoms with E-state index in [9.17, 15) is 0 Å². The zero-order valence-corrected chi connectivity index (χ0v) is 13.2. The minimum absolute atomic E-state index is 0.0240. The van der Waals surface area contributed by atoms with Crippen molar-refractivity contribution >= 4 is 22.9 Å². The van der Waals surface area contributed by atoms with Crippen molar-refractivity contribution in [3.05, 3.63) is 30.3 Å². The third-order valence-electron chi connectivity index (χ3n) is 2.73. The Morgan fingerprint density at radius 3 is 2.43 bits per heavy atom. The van der Waals surface area contributed by atoms with Gasteiger partial charge in [-0.1, -0.05) is 0 Å². The SMILES string of the molecule is CNc1nc(OC)ccc1N.Nc1ccc(OCCO)c(N)c1. The van der Waals surface area contributed by atoms with Gasteiger partial charge in [0.15, 0.2) is 5.82 Å². The first-order valence-electron chi connectivity index (χ1n) is 6.88. The average molecular weight is 321 g/mol. The lowest BCUT2D eigenvalue weighted by atomic mass is 10.2. The van der Waals surface area contributed by atoms with Gasteiger partial charge in [-0.2, -0.15) is 4.98 Å². The van der Waals surface area contributed by atoms with E-state index in [1.165, 1.54) is 0 Å². The number of aliphatic hydroxyl groups is 1. The maximum absolute atomic E-state index is 8.48. The summed E-state index contributed by atoms with van der Waals surface area (Å²) in [7, 11) is 3.33. The number of nitrogens with one attached hydrogen (secondary N) is 1. The lowest BCUT2D eigenvalue weighted by Gasteiger charge is -2.07. The maximum Gasteiger partial charge on any atom is 0.215 e. The Morgan fingerprint density at radius 1 is 1.13 bits per heavy atom. The van der Waals surface area contributed by atoms with Gasteiger partial charge in [-0.3, -0.25) is 0 Å². The number of aromatic nitrogens is 1. The molecule has 0 saturated heterocycles. The number of hydrogen-bond donors (Lipinski definition) is 5. The number of ether oxygens (including phenoxy) is 2. The second kappa shape index (κ2) is 9.21. The molecular formula is C15H23N5O3. The van der Waals surface area contributed by atoms with E-state index in [-0.39, 0.29) is 13.2 Å². The Kier molecular flexibility index (Phi) is 7.28. The lowest BCUT2D eigenvalue weighted by molar-refractivity contribution is 0.202. The molecule has 0 radical (unpaired) electrons. The zero-order valence-electron chi connectivity index (χ0n) is 13.2. The number of rotatable bonds is 5. The van der Waals surface area contributed by atoms with Crippen molar-refractivity contribution in [1.29, 1.82) is 0 Å². The molecule has 0 atom stereocenters. The first kappa shape index (κ1) is 18.2. The zero-order chi connectivity index (χ0) is 17.2. The fourth-order valence-electron chi connectivity index (χ4n) is 1.62. The standard InChI is InChI=1S/C8H12N2O2.C7H11N3O/c9-6-1-2-8(7(10)5-6)12-4-3-11;1-9-7-5(8)3-4-6(10-7)11-2/h1-2,5,11H,3-4,9-10H2;3-4H,8H2,1-2H3,(H,9,10). The van der Waals surface area contributed by atoms with E-state index in [1.54, 1.807) is 44.5 Å². The fourth-order valence-corrected chi connectivity index (χ4v) is 1.62. The predicted octanol–water partition coefficient (Wildman–Crippen LogP) is 0.936. The van der Waals surface area contributed by atoms with E-state index in [1.807, 2.05) is 0 Å². The number of benzene rings is 1. The van der Waals surface area contributed by atoms with Crippen LogP contribution in [-0.2, 0) is 0 Å². The first-order valence-corrected chi connectivity index (χ1v) is 6.88. The summed E-state index contributed by atoms with van der Waals surface area (Å²) in [6.07, 6.45) is 0. The van der Waals surface area contributed by atoms with E-state index in [4.69, 9.17) is 31.8 Å². The molecule has 0 aliphatic rings. The molecule has 0 fully saturated rings. The summed E-state index contributed by atoms with van der Waals surface area (Å²) in [5.74, 6) is 1.76. The number of pyridine rings is 1. The second-order valence-corrected chi connectivity index (χ2v) is 4.41. The summed E-state index contributed by atoms with van der Waals surface area (Å²) in [5.41, 5.74) is 18.3. The molecule has 23 heavy (non-hydrogen) atoms. The van der Waals surface area contributed by atoms with Gasteiger partial charge in [0.1, 0.15) is 12.4 Å². The molecule has 0 unspecified atom stereocenters. The minimum atomic E-state index is -0.0240. The highest BCUT2D eigenvalue weighted by Gasteiger charge is 1.99. The van der Waals surface area contributed by atoms with Crippen LogP contribution in [0.2, 0.25) is 0 Å². The molecule has 0 spiro atoms. The van der Waals surface area contributed by atoms with Crippen molar-refractivity contribution in [3.8, 4) is 11.6 Å². The van der Waals surface area contributed by atoms with Crippen molar-refractivity contribution < 1.29 is 14.6 Å². The van der Waals surface area contributed by atoms with Crippen molar-refractivity contribution in [3.63, 3.8) is 0 Å². The number of hydrogen-bond acceptors (Lipinski definition) is 8. The maximum atomic E-state index is 8.48. The van der Waals surface area contributed by atoms with Crippen LogP contribution in [0.25, 0.3) is 0 Å². The molecule has 0 aliphatic heterocycles. The van der Waals surface area contributed by atoms with E-state index in [2.05, 4.69) is 10.3 Å². The molecule has 8 N–H and O–H groups in total. The molecule has 2 rings (SSSR count).